The maximum absolute atomic E-state index is 5.05. The van der Waals surface area contributed by atoms with Gasteiger partial charge in [0, 0.05) is 5.92 Å². The standard InChI is InChI=1S/C6H7NO.C2H6/c1-2-5(1)6-3-7-4-8-6;1-2/h3-5H,1-2H2;1-2H3. The van der Waals surface area contributed by atoms with Gasteiger partial charge >= 0.3 is 0 Å². The average Bonchev–Trinajstić information content (AvgIpc) is 2.72. The molecule has 1 aromatic rings. The van der Waals surface area contributed by atoms with E-state index >= 15 is 0 Å². The third-order valence-electron chi connectivity index (χ3n) is 1.43. The Bertz CT molecular complexity index is 165. The molecule has 10 heavy (non-hydrogen) atoms. The Morgan fingerprint density at radius 1 is 1.50 bits per heavy atom. The van der Waals surface area contributed by atoms with Crippen molar-refractivity contribution in [2.24, 2.45) is 0 Å². The lowest BCUT2D eigenvalue weighted by molar-refractivity contribution is 0.506. The molecule has 1 aliphatic rings. The molecule has 1 aliphatic carbocycles. The maximum Gasteiger partial charge on any atom is 0.180 e. The van der Waals surface area contributed by atoms with Gasteiger partial charge in [0.25, 0.3) is 0 Å². The Hall–Kier alpha value is -0.790. The van der Waals surface area contributed by atoms with Gasteiger partial charge in [-0.25, -0.2) is 4.98 Å². The highest BCUT2D eigenvalue weighted by Gasteiger charge is 2.26. The Morgan fingerprint density at radius 2 is 2.20 bits per heavy atom. The summed E-state index contributed by atoms with van der Waals surface area (Å²) < 4.78 is 5.05. The molecule has 2 rings (SSSR count). The van der Waals surface area contributed by atoms with Crippen LogP contribution in [0.15, 0.2) is 17.0 Å². The second kappa shape index (κ2) is 3.40. The van der Waals surface area contributed by atoms with Gasteiger partial charge in [-0.05, 0) is 12.8 Å². The van der Waals surface area contributed by atoms with Gasteiger partial charge in [0.2, 0.25) is 0 Å². The van der Waals surface area contributed by atoms with Gasteiger partial charge < -0.3 is 4.42 Å². The number of hydrogen-bond donors (Lipinski definition) is 0. The fraction of sp³-hybridized carbons (Fsp3) is 0.625. The van der Waals surface area contributed by atoms with Crippen molar-refractivity contribution in [1.82, 2.24) is 4.98 Å². The summed E-state index contributed by atoms with van der Waals surface area (Å²) in [5.74, 6) is 1.77. The number of hydrogen-bond acceptors (Lipinski definition) is 2. The molecule has 0 atom stereocenters. The SMILES string of the molecule is CC.c1ncc(C2CC2)o1. The first-order valence-electron chi connectivity index (χ1n) is 3.85. The lowest BCUT2D eigenvalue weighted by atomic mass is 10.3. The normalized spacial score (nSPS) is 15.8. The Labute approximate surface area is 61.3 Å². The predicted molar refractivity (Wildman–Crippen MR) is 39.8 cm³/mol. The van der Waals surface area contributed by atoms with Gasteiger partial charge in [-0.15, -0.1) is 0 Å². The van der Waals surface area contributed by atoms with Crippen molar-refractivity contribution in [2.45, 2.75) is 32.6 Å². The van der Waals surface area contributed by atoms with E-state index in [0.29, 0.717) is 5.92 Å². The summed E-state index contributed by atoms with van der Waals surface area (Å²) in [5.41, 5.74) is 0. The van der Waals surface area contributed by atoms with Crippen LogP contribution in [0.4, 0.5) is 0 Å². The van der Waals surface area contributed by atoms with E-state index in [1.165, 1.54) is 19.2 Å². The molecule has 0 N–H and O–H groups in total. The minimum absolute atomic E-state index is 0.706. The van der Waals surface area contributed by atoms with Crippen molar-refractivity contribution < 1.29 is 4.42 Å². The molecule has 0 bridgehead atoms. The summed E-state index contributed by atoms with van der Waals surface area (Å²) in [4.78, 5) is 3.82. The van der Waals surface area contributed by atoms with Crippen molar-refractivity contribution >= 4 is 0 Å². The van der Waals surface area contributed by atoms with Gasteiger partial charge in [0.15, 0.2) is 6.39 Å². The molecule has 0 saturated heterocycles. The molecule has 1 heterocycles. The Morgan fingerprint density at radius 3 is 2.60 bits per heavy atom. The highest BCUT2D eigenvalue weighted by molar-refractivity contribution is 5.05. The number of aromatic nitrogens is 1. The van der Waals surface area contributed by atoms with E-state index in [-0.39, 0.29) is 0 Å². The van der Waals surface area contributed by atoms with Crippen LogP contribution in [0.1, 0.15) is 38.4 Å². The molecule has 0 spiro atoms. The predicted octanol–water partition coefficient (Wildman–Crippen LogP) is 2.58. The van der Waals surface area contributed by atoms with Crippen LogP contribution in [0.25, 0.3) is 0 Å². The third kappa shape index (κ3) is 1.59. The van der Waals surface area contributed by atoms with Crippen molar-refractivity contribution in [2.75, 3.05) is 0 Å². The van der Waals surface area contributed by atoms with Crippen LogP contribution in [-0.4, -0.2) is 4.98 Å². The summed E-state index contributed by atoms with van der Waals surface area (Å²) >= 11 is 0. The van der Waals surface area contributed by atoms with Crippen LogP contribution in [0, 0.1) is 0 Å². The van der Waals surface area contributed by atoms with Crippen LogP contribution in [0.5, 0.6) is 0 Å². The second-order valence-electron chi connectivity index (χ2n) is 2.18. The molecule has 1 aromatic heterocycles. The van der Waals surface area contributed by atoms with E-state index in [0.717, 1.165) is 5.76 Å². The maximum atomic E-state index is 5.05. The van der Waals surface area contributed by atoms with Gasteiger partial charge in [0.1, 0.15) is 5.76 Å². The van der Waals surface area contributed by atoms with Crippen molar-refractivity contribution in [1.29, 1.82) is 0 Å². The molecule has 0 radical (unpaired) electrons. The summed E-state index contributed by atoms with van der Waals surface area (Å²) in [6.07, 6.45) is 5.87. The third-order valence-corrected chi connectivity index (χ3v) is 1.43. The van der Waals surface area contributed by atoms with Gasteiger partial charge in [-0.1, -0.05) is 13.8 Å². The van der Waals surface area contributed by atoms with Gasteiger partial charge in [-0.3, -0.25) is 0 Å². The van der Waals surface area contributed by atoms with E-state index in [2.05, 4.69) is 4.98 Å². The second-order valence-corrected chi connectivity index (χ2v) is 2.18. The van der Waals surface area contributed by atoms with E-state index < -0.39 is 0 Å². The summed E-state index contributed by atoms with van der Waals surface area (Å²) in [7, 11) is 0. The molecule has 0 amide bonds. The van der Waals surface area contributed by atoms with E-state index in [4.69, 9.17) is 4.42 Å². The molecule has 1 saturated carbocycles. The summed E-state index contributed by atoms with van der Waals surface area (Å²) in [5, 5.41) is 0. The quantitative estimate of drug-likeness (QED) is 0.597. The first-order chi connectivity index (χ1) is 4.97. The zero-order valence-electron chi connectivity index (χ0n) is 6.50. The zero-order chi connectivity index (χ0) is 7.40. The fourth-order valence-corrected chi connectivity index (χ4v) is 0.795. The van der Waals surface area contributed by atoms with Crippen LogP contribution in [-0.2, 0) is 0 Å². The zero-order valence-corrected chi connectivity index (χ0v) is 6.50. The lowest BCUT2D eigenvalue weighted by Gasteiger charge is -1.80. The number of nitrogens with zero attached hydrogens (tertiary/aromatic N) is 1. The monoisotopic (exact) mass is 139 g/mol. The van der Waals surface area contributed by atoms with Crippen molar-refractivity contribution in [3.05, 3.63) is 18.4 Å². The number of rotatable bonds is 1. The highest BCUT2D eigenvalue weighted by Crippen LogP contribution is 2.39. The first-order valence-corrected chi connectivity index (χ1v) is 3.85. The van der Waals surface area contributed by atoms with Crippen molar-refractivity contribution in [3.8, 4) is 0 Å². The minimum atomic E-state index is 0.706. The van der Waals surface area contributed by atoms with Crippen LogP contribution in [0.3, 0.4) is 0 Å². The van der Waals surface area contributed by atoms with Gasteiger partial charge in [-0.2, -0.15) is 0 Å². The van der Waals surface area contributed by atoms with Crippen LogP contribution < -0.4 is 0 Å². The molecule has 0 unspecified atom stereocenters. The van der Waals surface area contributed by atoms with E-state index in [1.807, 2.05) is 13.8 Å². The highest BCUT2D eigenvalue weighted by atomic mass is 16.3. The van der Waals surface area contributed by atoms with Crippen LogP contribution >= 0.6 is 0 Å². The fourth-order valence-electron chi connectivity index (χ4n) is 0.795. The largest absolute Gasteiger partial charge is 0.448 e. The molecule has 0 aromatic carbocycles. The molecular formula is C8H13NO. The first kappa shape index (κ1) is 7.32. The number of oxazole rings is 1. The topological polar surface area (TPSA) is 26.0 Å². The smallest absolute Gasteiger partial charge is 0.180 e. The Balaban J connectivity index is 0.000000231. The lowest BCUT2D eigenvalue weighted by Crippen LogP contribution is -1.67. The van der Waals surface area contributed by atoms with E-state index in [9.17, 15) is 0 Å². The minimum Gasteiger partial charge on any atom is -0.448 e. The Kier molecular flexibility index (Phi) is 2.49. The molecule has 1 fully saturated rings. The average molecular weight is 139 g/mol. The van der Waals surface area contributed by atoms with Crippen LogP contribution in [0.2, 0.25) is 0 Å². The van der Waals surface area contributed by atoms with Crippen molar-refractivity contribution in [3.63, 3.8) is 0 Å². The summed E-state index contributed by atoms with van der Waals surface area (Å²) in [6.45, 7) is 4.00. The van der Waals surface area contributed by atoms with Gasteiger partial charge in [0.05, 0.1) is 6.20 Å². The van der Waals surface area contributed by atoms with E-state index in [1.54, 1.807) is 6.20 Å². The molecule has 56 valence electrons. The molecular weight excluding hydrogens is 126 g/mol. The molecule has 2 heteroatoms. The molecule has 0 aliphatic heterocycles. The molecule has 2 nitrogen and oxygen atoms in total. The summed E-state index contributed by atoms with van der Waals surface area (Å²) in [6, 6.07) is 0.